The van der Waals surface area contributed by atoms with Crippen LogP contribution in [0.2, 0.25) is 0 Å². The lowest BCUT2D eigenvalue weighted by molar-refractivity contribution is -0.113. The molecule has 0 bridgehead atoms. The van der Waals surface area contributed by atoms with E-state index in [2.05, 4.69) is 0 Å². The van der Waals surface area contributed by atoms with Crippen LogP contribution in [0.25, 0.3) is 0 Å². The number of ether oxygens (including phenoxy) is 1. The van der Waals surface area contributed by atoms with Gasteiger partial charge in [-0.2, -0.15) is 0 Å². The summed E-state index contributed by atoms with van der Waals surface area (Å²) < 4.78 is 6.01. The van der Waals surface area contributed by atoms with E-state index in [0.717, 1.165) is 51.4 Å². The molecule has 104 valence electrons. The molecule has 1 N–H and O–H groups in total. The number of aliphatic hydroxyl groups is 1. The highest BCUT2D eigenvalue weighted by molar-refractivity contribution is 5.53. The number of carbonyl (C=O) groups excluding carboxylic acids is 1. The zero-order valence-electron chi connectivity index (χ0n) is 11.2. The van der Waals surface area contributed by atoms with Crippen molar-refractivity contribution in [3.63, 3.8) is 0 Å². The molecule has 0 heterocycles. The van der Waals surface area contributed by atoms with Crippen molar-refractivity contribution in [3.05, 3.63) is 0 Å². The second kappa shape index (κ2) is 7.25. The minimum atomic E-state index is 0.282. The second-order valence-corrected chi connectivity index (χ2v) is 6.08. The summed E-state index contributed by atoms with van der Waals surface area (Å²) >= 11 is 0. The lowest BCUT2D eigenvalue weighted by Gasteiger charge is -2.30. The summed E-state index contributed by atoms with van der Waals surface area (Å²) in [6.45, 7) is 1.23. The van der Waals surface area contributed by atoms with Crippen molar-refractivity contribution in [2.24, 2.45) is 17.8 Å². The monoisotopic (exact) mass is 254 g/mol. The SMILES string of the molecule is O=CC1CCC(OCC2CCC(CO)CC2)CC1. The van der Waals surface area contributed by atoms with Crippen LogP contribution >= 0.6 is 0 Å². The minimum Gasteiger partial charge on any atom is -0.396 e. The van der Waals surface area contributed by atoms with Gasteiger partial charge < -0.3 is 14.6 Å². The molecule has 2 saturated carbocycles. The molecule has 0 radical (unpaired) electrons. The maximum atomic E-state index is 10.7. The fourth-order valence-corrected chi connectivity index (χ4v) is 3.24. The van der Waals surface area contributed by atoms with Crippen molar-refractivity contribution in [1.82, 2.24) is 0 Å². The molecule has 3 nitrogen and oxygen atoms in total. The Morgan fingerprint density at radius 1 is 0.944 bits per heavy atom. The third-order valence-electron chi connectivity index (χ3n) is 4.70. The number of hydrogen-bond donors (Lipinski definition) is 1. The van der Waals surface area contributed by atoms with Gasteiger partial charge in [-0.15, -0.1) is 0 Å². The van der Waals surface area contributed by atoms with E-state index >= 15 is 0 Å². The van der Waals surface area contributed by atoms with Gasteiger partial charge in [0, 0.05) is 19.1 Å². The predicted octanol–water partition coefficient (Wildman–Crippen LogP) is 2.56. The van der Waals surface area contributed by atoms with Gasteiger partial charge in [-0.05, 0) is 63.2 Å². The molecule has 18 heavy (non-hydrogen) atoms. The van der Waals surface area contributed by atoms with Gasteiger partial charge >= 0.3 is 0 Å². The van der Waals surface area contributed by atoms with E-state index in [-0.39, 0.29) is 5.92 Å². The molecule has 2 rings (SSSR count). The number of hydrogen-bond acceptors (Lipinski definition) is 3. The first-order chi connectivity index (χ1) is 8.81. The number of rotatable bonds is 5. The highest BCUT2D eigenvalue weighted by Gasteiger charge is 2.24. The standard InChI is InChI=1S/C15H26O3/c16-9-12-1-3-14(4-2-12)11-18-15-7-5-13(10-17)6-8-15/h10,12-16H,1-9,11H2. The maximum Gasteiger partial charge on any atom is 0.123 e. The Hall–Kier alpha value is -0.410. The van der Waals surface area contributed by atoms with Crippen LogP contribution in [0.1, 0.15) is 51.4 Å². The largest absolute Gasteiger partial charge is 0.396 e. The molecular formula is C15H26O3. The smallest absolute Gasteiger partial charge is 0.123 e. The van der Waals surface area contributed by atoms with Crippen molar-refractivity contribution in [2.45, 2.75) is 57.5 Å². The van der Waals surface area contributed by atoms with E-state index in [1.54, 1.807) is 0 Å². The number of aldehydes is 1. The van der Waals surface area contributed by atoms with E-state index in [9.17, 15) is 4.79 Å². The molecule has 3 heteroatoms. The zero-order chi connectivity index (χ0) is 12.8. The normalized spacial score (nSPS) is 37.4. The summed E-state index contributed by atoms with van der Waals surface area (Å²) in [4.78, 5) is 10.7. The van der Waals surface area contributed by atoms with Crippen LogP contribution in [-0.2, 0) is 9.53 Å². The highest BCUT2D eigenvalue weighted by Crippen LogP contribution is 2.30. The molecule has 0 unspecified atom stereocenters. The van der Waals surface area contributed by atoms with E-state index < -0.39 is 0 Å². The van der Waals surface area contributed by atoms with Gasteiger partial charge in [-0.3, -0.25) is 0 Å². The fourth-order valence-electron chi connectivity index (χ4n) is 3.24. The molecule has 2 fully saturated rings. The second-order valence-electron chi connectivity index (χ2n) is 6.08. The average molecular weight is 254 g/mol. The van der Waals surface area contributed by atoms with Crippen LogP contribution in [0.3, 0.4) is 0 Å². The van der Waals surface area contributed by atoms with E-state index in [0.29, 0.717) is 24.5 Å². The Kier molecular flexibility index (Phi) is 5.64. The molecule has 0 atom stereocenters. The van der Waals surface area contributed by atoms with Crippen LogP contribution in [0, 0.1) is 17.8 Å². The maximum absolute atomic E-state index is 10.7. The number of carbonyl (C=O) groups is 1. The van der Waals surface area contributed by atoms with Crippen LogP contribution in [0.4, 0.5) is 0 Å². The van der Waals surface area contributed by atoms with Gasteiger partial charge in [0.25, 0.3) is 0 Å². The average Bonchev–Trinajstić information content (AvgIpc) is 2.46. The van der Waals surface area contributed by atoms with Gasteiger partial charge in [-0.25, -0.2) is 0 Å². The summed E-state index contributed by atoms with van der Waals surface area (Å²) in [5.41, 5.74) is 0. The van der Waals surface area contributed by atoms with Crippen LogP contribution in [-0.4, -0.2) is 30.7 Å². The van der Waals surface area contributed by atoms with Gasteiger partial charge in [0.15, 0.2) is 0 Å². The lowest BCUT2D eigenvalue weighted by atomic mass is 9.82. The molecule has 2 aliphatic carbocycles. The molecule has 0 aromatic rings. The van der Waals surface area contributed by atoms with E-state index in [1.807, 2.05) is 0 Å². The van der Waals surface area contributed by atoms with Crippen molar-refractivity contribution in [1.29, 1.82) is 0 Å². The Morgan fingerprint density at radius 2 is 1.56 bits per heavy atom. The Balaban J connectivity index is 1.60. The van der Waals surface area contributed by atoms with Gasteiger partial charge in [0.2, 0.25) is 0 Å². The van der Waals surface area contributed by atoms with E-state index in [1.165, 1.54) is 12.8 Å². The lowest BCUT2D eigenvalue weighted by Crippen LogP contribution is -2.26. The highest BCUT2D eigenvalue weighted by atomic mass is 16.5. The molecule has 0 aromatic carbocycles. The first-order valence-electron chi connectivity index (χ1n) is 7.49. The predicted molar refractivity (Wildman–Crippen MR) is 70.3 cm³/mol. The topological polar surface area (TPSA) is 46.5 Å². The molecule has 0 aromatic heterocycles. The summed E-state index contributed by atoms with van der Waals surface area (Å²) in [6.07, 6.45) is 10.3. The van der Waals surface area contributed by atoms with Gasteiger partial charge in [-0.1, -0.05) is 0 Å². The molecule has 0 saturated heterocycles. The van der Waals surface area contributed by atoms with Crippen LogP contribution in [0.5, 0.6) is 0 Å². The Morgan fingerprint density at radius 3 is 2.11 bits per heavy atom. The van der Waals surface area contributed by atoms with Crippen molar-refractivity contribution in [2.75, 3.05) is 13.2 Å². The number of aliphatic hydroxyl groups excluding tert-OH is 1. The molecule has 0 amide bonds. The van der Waals surface area contributed by atoms with Crippen molar-refractivity contribution >= 4 is 6.29 Å². The Labute approximate surface area is 110 Å². The molecular weight excluding hydrogens is 228 g/mol. The first-order valence-corrected chi connectivity index (χ1v) is 7.49. The Bertz CT molecular complexity index is 238. The van der Waals surface area contributed by atoms with E-state index in [4.69, 9.17) is 9.84 Å². The summed E-state index contributed by atoms with van der Waals surface area (Å²) in [5, 5.41) is 9.10. The molecule has 0 spiro atoms. The van der Waals surface area contributed by atoms with Gasteiger partial charge in [0.05, 0.1) is 6.10 Å². The molecule has 2 aliphatic rings. The zero-order valence-corrected chi connectivity index (χ0v) is 11.2. The third-order valence-corrected chi connectivity index (χ3v) is 4.70. The summed E-state index contributed by atoms with van der Waals surface area (Å²) in [7, 11) is 0. The first kappa shape index (κ1) is 14.0. The fraction of sp³-hybridized carbons (Fsp3) is 0.933. The molecule has 0 aliphatic heterocycles. The quantitative estimate of drug-likeness (QED) is 0.767. The van der Waals surface area contributed by atoms with Crippen LogP contribution in [0.15, 0.2) is 0 Å². The van der Waals surface area contributed by atoms with Crippen LogP contribution < -0.4 is 0 Å². The van der Waals surface area contributed by atoms with Gasteiger partial charge in [0.1, 0.15) is 6.29 Å². The summed E-state index contributed by atoms with van der Waals surface area (Å²) in [6, 6.07) is 0. The summed E-state index contributed by atoms with van der Waals surface area (Å²) in [5.74, 6) is 1.51. The van der Waals surface area contributed by atoms with Crippen molar-refractivity contribution in [3.8, 4) is 0 Å². The minimum absolute atomic E-state index is 0.282. The third kappa shape index (κ3) is 4.06. The van der Waals surface area contributed by atoms with Crippen molar-refractivity contribution < 1.29 is 14.6 Å².